The Balaban J connectivity index is 3.13. The maximum Gasteiger partial charge on any atom is 0.412 e. The van der Waals surface area contributed by atoms with Crippen LogP contribution < -0.4 is 0 Å². The number of ether oxygens (including phenoxy) is 2. The standard InChI is InChI=1S/C18H29NO6/c1-6-8-18(9-7-12-24-5)10-11-19(14(20)13(18)15(21)22)16(23)25-17(2,3)4/h6-7,12-14,20H,1,8-11H2,2-5H3,(H,21,22). The molecule has 1 fully saturated rings. The number of carbonyl (C=O) groups is 2. The van der Waals surface area contributed by atoms with E-state index in [0.717, 1.165) is 4.90 Å². The minimum Gasteiger partial charge on any atom is -0.505 e. The number of aliphatic carboxylic acids is 1. The summed E-state index contributed by atoms with van der Waals surface area (Å²) in [5.41, 5.74) is -1.48. The second-order valence-electron chi connectivity index (χ2n) is 7.32. The first-order valence-corrected chi connectivity index (χ1v) is 8.27. The summed E-state index contributed by atoms with van der Waals surface area (Å²) in [7, 11) is 1.51. The molecule has 0 aromatic rings. The van der Waals surface area contributed by atoms with Gasteiger partial charge in [0, 0.05) is 6.54 Å². The molecule has 2 N–H and O–H groups in total. The summed E-state index contributed by atoms with van der Waals surface area (Å²) in [5.74, 6) is -2.32. The molecule has 0 aromatic carbocycles. The lowest BCUT2D eigenvalue weighted by Crippen LogP contribution is -2.59. The van der Waals surface area contributed by atoms with Crippen LogP contribution in [0.2, 0.25) is 0 Å². The molecule has 142 valence electrons. The fourth-order valence-corrected chi connectivity index (χ4v) is 3.24. The van der Waals surface area contributed by atoms with Gasteiger partial charge in [-0.2, -0.15) is 0 Å². The summed E-state index contributed by atoms with van der Waals surface area (Å²) in [4.78, 5) is 25.3. The Morgan fingerprint density at radius 2 is 2.00 bits per heavy atom. The monoisotopic (exact) mass is 355 g/mol. The Morgan fingerprint density at radius 3 is 2.48 bits per heavy atom. The van der Waals surface area contributed by atoms with E-state index in [4.69, 9.17) is 9.47 Å². The van der Waals surface area contributed by atoms with E-state index < -0.39 is 35.2 Å². The highest BCUT2D eigenvalue weighted by Crippen LogP contribution is 2.46. The Labute approximate surface area is 148 Å². The van der Waals surface area contributed by atoms with E-state index >= 15 is 0 Å². The molecule has 1 saturated heterocycles. The molecule has 3 atom stereocenters. The van der Waals surface area contributed by atoms with Crippen molar-refractivity contribution in [3.05, 3.63) is 25.0 Å². The summed E-state index contributed by atoms with van der Waals surface area (Å²) in [5, 5.41) is 20.4. The lowest BCUT2D eigenvalue weighted by atomic mass is 9.65. The number of likely N-dealkylation sites (tertiary alicyclic amines) is 1. The molecule has 0 saturated carbocycles. The highest BCUT2D eigenvalue weighted by Gasteiger charge is 2.52. The van der Waals surface area contributed by atoms with Crippen molar-refractivity contribution in [1.82, 2.24) is 4.90 Å². The molecular weight excluding hydrogens is 326 g/mol. The van der Waals surface area contributed by atoms with E-state index in [1.165, 1.54) is 13.4 Å². The van der Waals surface area contributed by atoms with Gasteiger partial charge >= 0.3 is 12.1 Å². The van der Waals surface area contributed by atoms with Crippen molar-refractivity contribution in [2.24, 2.45) is 11.3 Å². The van der Waals surface area contributed by atoms with Crippen molar-refractivity contribution in [2.45, 2.75) is 51.9 Å². The zero-order valence-electron chi connectivity index (χ0n) is 15.4. The first-order valence-electron chi connectivity index (χ1n) is 8.27. The summed E-state index contributed by atoms with van der Waals surface area (Å²) >= 11 is 0. The number of carboxylic acid groups (broad SMARTS) is 1. The fourth-order valence-electron chi connectivity index (χ4n) is 3.24. The predicted molar refractivity (Wildman–Crippen MR) is 92.7 cm³/mol. The van der Waals surface area contributed by atoms with Crippen molar-refractivity contribution in [2.75, 3.05) is 13.7 Å². The Morgan fingerprint density at radius 1 is 1.36 bits per heavy atom. The average Bonchev–Trinajstić information content (AvgIpc) is 2.45. The third-order valence-electron chi connectivity index (χ3n) is 4.33. The molecule has 0 radical (unpaired) electrons. The molecule has 1 amide bonds. The minimum absolute atomic E-state index is 0.203. The Kier molecular flexibility index (Phi) is 7.05. The van der Waals surface area contributed by atoms with Crippen LogP contribution in [-0.2, 0) is 14.3 Å². The minimum atomic E-state index is -1.48. The number of aliphatic hydroxyl groups excluding tert-OH is 1. The van der Waals surface area contributed by atoms with Crippen LogP contribution >= 0.6 is 0 Å². The van der Waals surface area contributed by atoms with Crippen molar-refractivity contribution >= 4 is 12.1 Å². The van der Waals surface area contributed by atoms with Gasteiger partial charge in [0.1, 0.15) is 17.7 Å². The molecule has 1 aliphatic heterocycles. The number of nitrogens with zero attached hydrogens (tertiary/aromatic N) is 1. The van der Waals surface area contributed by atoms with Crippen LogP contribution in [-0.4, -0.2) is 52.7 Å². The third kappa shape index (κ3) is 5.22. The Hall–Kier alpha value is -2.02. The number of aliphatic hydroxyl groups is 1. The molecular formula is C18H29NO6. The van der Waals surface area contributed by atoms with Crippen LogP contribution in [0.5, 0.6) is 0 Å². The zero-order valence-corrected chi connectivity index (χ0v) is 15.4. The first kappa shape index (κ1) is 21.0. The largest absolute Gasteiger partial charge is 0.505 e. The second kappa shape index (κ2) is 8.38. The maximum absolute atomic E-state index is 12.3. The number of amides is 1. The summed E-state index contributed by atoms with van der Waals surface area (Å²) in [6.45, 7) is 9.06. The van der Waals surface area contributed by atoms with Gasteiger partial charge in [0.05, 0.1) is 13.4 Å². The molecule has 7 heteroatoms. The van der Waals surface area contributed by atoms with Gasteiger partial charge in [0.2, 0.25) is 0 Å². The van der Waals surface area contributed by atoms with Crippen LogP contribution in [0.1, 0.15) is 40.0 Å². The maximum atomic E-state index is 12.3. The van der Waals surface area contributed by atoms with E-state index in [-0.39, 0.29) is 6.54 Å². The van der Waals surface area contributed by atoms with Crippen molar-refractivity contribution < 1.29 is 29.3 Å². The molecule has 0 bridgehead atoms. The number of rotatable bonds is 6. The van der Waals surface area contributed by atoms with Crippen LogP contribution in [0.4, 0.5) is 4.79 Å². The molecule has 3 unspecified atom stereocenters. The number of allylic oxidation sites excluding steroid dienone is 2. The van der Waals surface area contributed by atoms with Crippen LogP contribution in [0.25, 0.3) is 0 Å². The van der Waals surface area contributed by atoms with Gasteiger partial charge in [0.15, 0.2) is 0 Å². The third-order valence-corrected chi connectivity index (χ3v) is 4.33. The topological polar surface area (TPSA) is 96.3 Å². The van der Waals surface area contributed by atoms with Gasteiger partial charge in [0.25, 0.3) is 0 Å². The predicted octanol–water partition coefficient (Wildman–Crippen LogP) is 2.76. The normalized spacial score (nSPS) is 27.2. The highest BCUT2D eigenvalue weighted by molar-refractivity contribution is 5.75. The molecule has 0 spiro atoms. The molecule has 0 aliphatic carbocycles. The van der Waals surface area contributed by atoms with Gasteiger partial charge in [-0.15, -0.1) is 6.58 Å². The SMILES string of the molecule is C=CCC1(CC=COC)CCN(C(=O)OC(C)(C)C)C(O)C1C(=O)O. The molecule has 1 heterocycles. The average molecular weight is 355 g/mol. The van der Waals surface area contributed by atoms with E-state index in [1.807, 2.05) is 0 Å². The smallest absolute Gasteiger partial charge is 0.412 e. The van der Waals surface area contributed by atoms with E-state index in [2.05, 4.69) is 6.58 Å². The summed E-state index contributed by atoms with van der Waals surface area (Å²) in [6.07, 6.45) is 3.86. The fraction of sp³-hybridized carbons (Fsp3) is 0.667. The van der Waals surface area contributed by atoms with E-state index in [9.17, 15) is 19.8 Å². The molecule has 25 heavy (non-hydrogen) atoms. The number of carbonyl (C=O) groups excluding carboxylic acids is 1. The van der Waals surface area contributed by atoms with Crippen LogP contribution in [0, 0.1) is 11.3 Å². The molecule has 1 rings (SSSR count). The first-order chi connectivity index (χ1) is 11.6. The summed E-state index contributed by atoms with van der Waals surface area (Å²) < 4.78 is 10.2. The van der Waals surface area contributed by atoms with Crippen LogP contribution in [0.3, 0.4) is 0 Å². The van der Waals surface area contributed by atoms with Gasteiger partial charge < -0.3 is 19.7 Å². The molecule has 1 aliphatic rings. The van der Waals surface area contributed by atoms with Gasteiger partial charge in [-0.05, 0) is 51.5 Å². The second-order valence-corrected chi connectivity index (χ2v) is 7.32. The molecule has 0 aromatic heterocycles. The summed E-state index contributed by atoms with van der Waals surface area (Å²) in [6, 6.07) is 0. The van der Waals surface area contributed by atoms with E-state index in [1.54, 1.807) is 32.9 Å². The van der Waals surface area contributed by atoms with Gasteiger partial charge in [-0.3, -0.25) is 9.69 Å². The highest BCUT2D eigenvalue weighted by atomic mass is 16.6. The van der Waals surface area contributed by atoms with Crippen molar-refractivity contribution in [1.29, 1.82) is 0 Å². The number of hydrogen-bond acceptors (Lipinski definition) is 5. The van der Waals surface area contributed by atoms with Gasteiger partial charge in [-0.1, -0.05) is 6.08 Å². The number of hydrogen-bond donors (Lipinski definition) is 2. The number of carboxylic acids is 1. The van der Waals surface area contributed by atoms with Gasteiger partial charge in [-0.25, -0.2) is 4.79 Å². The number of methoxy groups -OCH3 is 1. The lowest BCUT2D eigenvalue weighted by Gasteiger charge is -2.48. The van der Waals surface area contributed by atoms with Crippen molar-refractivity contribution in [3.8, 4) is 0 Å². The van der Waals surface area contributed by atoms with Crippen molar-refractivity contribution in [3.63, 3.8) is 0 Å². The van der Waals surface area contributed by atoms with Crippen LogP contribution in [0.15, 0.2) is 25.0 Å². The van der Waals surface area contributed by atoms with E-state index in [0.29, 0.717) is 19.3 Å². The number of piperidine rings is 1. The Bertz CT molecular complexity index is 524. The lowest BCUT2D eigenvalue weighted by molar-refractivity contribution is -0.171. The zero-order chi connectivity index (χ0) is 19.3. The quantitative estimate of drug-likeness (QED) is 0.562. The molecule has 7 nitrogen and oxygen atoms in total.